The second-order valence-corrected chi connectivity index (χ2v) is 6.55. The number of rotatable bonds is 3. The molecule has 0 aliphatic heterocycles. The van der Waals surface area contributed by atoms with Gasteiger partial charge in [-0.2, -0.15) is 0 Å². The van der Waals surface area contributed by atoms with Gasteiger partial charge in [0.15, 0.2) is 0 Å². The minimum Gasteiger partial charge on any atom is -0.389 e. The van der Waals surface area contributed by atoms with Gasteiger partial charge in [-0.25, -0.2) is 0 Å². The summed E-state index contributed by atoms with van der Waals surface area (Å²) in [6.07, 6.45) is 3.87. The zero-order valence-corrected chi connectivity index (χ0v) is 12.9. The molecule has 3 nitrogen and oxygen atoms in total. The van der Waals surface area contributed by atoms with Gasteiger partial charge >= 0.3 is 0 Å². The first-order valence-corrected chi connectivity index (χ1v) is 8.17. The van der Waals surface area contributed by atoms with E-state index < -0.39 is 6.10 Å². The van der Waals surface area contributed by atoms with Gasteiger partial charge in [-0.15, -0.1) is 11.3 Å². The van der Waals surface area contributed by atoms with Gasteiger partial charge in [0.2, 0.25) is 0 Å². The van der Waals surface area contributed by atoms with Gasteiger partial charge in [0.1, 0.15) is 5.00 Å². The van der Waals surface area contributed by atoms with E-state index in [1.54, 1.807) is 30.4 Å². The highest BCUT2D eigenvalue weighted by atomic mass is 32.1. The van der Waals surface area contributed by atoms with Crippen molar-refractivity contribution >= 4 is 22.2 Å². The summed E-state index contributed by atoms with van der Waals surface area (Å²) in [5.41, 5.74) is 2.81. The summed E-state index contributed by atoms with van der Waals surface area (Å²) < 4.78 is 0. The van der Waals surface area contributed by atoms with Crippen molar-refractivity contribution in [3.8, 4) is 0 Å². The van der Waals surface area contributed by atoms with Gasteiger partial charge in [0.05, 0.1) is 6.10 Å². The lowest BCUT2D eigenvalue weighted by atomic mass is 9.93. The molecule has 4 heteroatoms. The molecule has 0 saturated carbocycles. The smallest absolute Gasteiger partial charge is 0.256 e. The van der Waals surface area contributed by atoms with Crippen molar-refractivity contribution in [2.45, 2.75) is 38.7 Å². The topological polar surface area (TPSA) is 49.3 Å². The molecule has 0 bridgehead atoms. The van der Waals surface area contributed by atoms with Crippen molar-refractivity contribution in [2.24, 2.45) is 0 Å². The van der Waals surface area contributed by atoms with Crippen molar-refractivity contribution in [1.82, 2.24) is 0 Å². The van der Waals surface area contributed by atoms with Crippen molar-refractivity contribution in [2.75, 3.05) is 5.32 Å². The quantitative estimate of drug-likeness (QED) is 0.902. The van der Waals surface area contributed by atoms with Gasteiger partial charge in [-0.1, -0.05) is 18.2 Å². The largest absolute Gasteiger partial charge is 0.389 e. The van der Waals surface area contributed by atoms with E-state index in [0.717, 1.165) is 29.8 Å². The van der Waals surface area contributed by atoms with Crippen LogP contribution in [-0.4, -0.2) is 11.0 Å². The average Bonchev–Trinajstić information content (AvgIpc) is 2.86. The van der Waals surface area contributed by atoms with Crippen LogP contribution >= 0.6 is 11.3 Å². The number of carbonyl (C=O) groups is 1. The molecule has 1 aromatic carbocycles. The third-order valence-electron chi connectivity index (χ3n) is 3.89. The predicted octanol–water partition coefficient (Wildman–Crippen LogP) is 3.93. The summed E-state index contributed by atoms with van der Waals surface area (Å²) in [6.45, 7) is 1.77. The molecular weight excluding hydrogens is 282 g/mol. The highest BCUT2D eigenvalue weighted by Crippen LogP contribution is 2.41. The normalized spacial score (nSPS) is 15.3. The van der Waals surface area contributed by atoms with Crippen LogP contribution in [0.5, 0.6) is 0 Å². The number of aliphatic hydroxyl groups excluding tert-OH is 1. The fourth-order valence-electron chi connectivity index (χ4n) is 2.89. The molecule has 1 unspecified atom stereocenters. The monoisotopic (exact) mass is 301 g/mol. The molecule has 110 valence electrons. The molecule has 3 rings (SSSR count). The number of aryl methyl sites for hydroxylation is 1. The van der Waals surface area contributed by atoms with Crippen LogP contribution in [0, 0.1) is 0 Å². The predicted molar refractivity (Wildman–Crippen MR) is 86.0 cm³/mol. The van der Waals surface area contributed by atoms with Crippen LogP contribution in [0.15, 0.2) is 30.3 Å². The van der Waals surface area contributed by atoms with Crippen LogP contribution < -0.4 is 5.32 Å². The first-order valence-electron chi connectivity index (χ1n) is 7.35. The number of aliphatic hydroxyl groups is 1. The zero-order valence-electron chi connectivity index (χ0n) is 12.1. The molecule has 2 aromatic rings. The summed E-state index contributed by atoms with van der Waals surface area (Å²) in [7, 11) is 0. The van der Waals surface area contributed by atoms with Crippen LogP contribution in [0.4, 0.5) is 5.00 Å². The zero-order chi connectivity index (χ0) is 14.8. The molecule has 0 saturated heterocycles. The molecule has 1 aliphatic rings. The summed E-state index contributed by atoms with van der Waals surface area (Å²) in [5.74, 6) is -0.115. The van der Waals surface area contributed by atoms with Gasteiger partial charge < -0.3 is 10.4 Å². The number of carbonyl (C=O) groups excluding carboxylic acids is 1. The van der Waals surface area contributed by atoms with Crippen LogP contribution in [-0.2, 0) is 12.8 Å². The Morgan fingerprint density at radius 3 is 2.67 bits per heavy atom. The van der Waals surface area contributed by atoms with Crippen molar-refractivity contribution in [3.63, 3.8) is 0 Å². The molecule has 1 amide bonds. The third kappa shape index (κ3) is 2.87. The summed E-state index contributed by atoms with van der Waals surface area (Å²) >= 11 is 1.62. The van der Waals surface area contributed by atoms with E-state index in [0.29, 0.717) is 5.56 Å². The second kappa shape index (κ2) is 6.00. The fraction of sp³-hybridized carbons (Fsp3) is 0.353. The number of nitrogens with one attached hydrogen (secondary N) is 1. The summed E-state index contributed by atoms with van der Waals surface area (Å²) in [6, 6.07) is 9.19. The Bertz CT molecular complexity index is 646. The molecule has 2 N–H and O–H groups in total. The average molecular weight is 301 g/mol. The van der Waals surface area contributed by atoms with Gasteiger partial charge in [0.25, 0.3) is 5.91 Å². The minimum absolute atomic E-state index is 0.115. The molecular formula is C17H19NO2S. The number of fused-ring (bicyclic) bond motifs is 1. The van der Waals surface area contributed by atoms with E-state index >= 15 is 0 Å². The van der Waals surface area contributed by atoms with Crippen LogP contribution in [0.3, 0.4) is 0 Å². The van der Waals surface area contributed by atoms with Gasteiger partial charge in [-0.05, 0) is 50.3 Å². The molecule has 1 atom stereocenters. The molecule has 1 aromatic heterocycles. The Kier molecular flexibility index (Phi) is 4.08. The molecule has 0 radical (unpaired) electrons. The molecule has 1 aliphatic carbocycles. The van der Waals surface area contributed by atoms with Gasteiger partial charge in [0, 0.05) is 16.0 Å². The van der Waals surface area contributed by atoms with Crippen LogP contribution in [0.25, 0.3) is 0 Å². The molecule has 21 heavy (non-hydrogen) atoms. The number of thiophene rings is 1. The minimum atomic E-state index is -0.547. The van der Waals surface area contributed by atoms with E-state index in [1.165, 1.54) is 16.9 Å². The Balaban J connectivity index is 1.92. The number of anilines is 1. The number of amides is 1. The van der Waals surface area contributed by atoms with E-state index in [9.17, 15) is 9.90 Å². The van der Waals surface area contributed by atoms with Gasteiger partial charge in [-0.3, -0.25) is 4.79 Å². The van der Waals surface area contributed by atoms with Crippen molar-refractivity contribution < 1.29 is 9.90 Å². The first-order chi connectivity index (χ1) is 10.2. The highest BCUT2D eigenvalue weighted by molar-refractivity contribution is 7.16. The summed E-state index contributed by atoms with van der Waals surface area (Å²) in [4.78, 5) is 13.6. The Morgan fingerprint density at radius 2 is 1.95 bits per heavy atom. The second-order valence-electron chi connectivity index (χ2n) is 5.45. The standard InChI is InChI=1S/C17H19NO2S/c1-11(19)15-13-9-5-6-10-14(13)21-17(15)18-16(20)12-7-3-2-4-8-12/h2-4,7-8,11,19H,5-6,9-10H2,1H3,(H,18,20). The third-order valence-corrected chi connectivity index (χ3v) is 5.12. The molecule has 0 spiro atoms. The Morgan fingerprint density at radius 1 is 1.24 bits per heavy atom. The van der Waals surface area contributed by atoms with Crippen molar-refractivity contribution in [1.29, 1.82) is 0 Å². The van der Waals surface area contributed by atoms with E-state index in [-0.39, 0.29) is 5.91 Å². The SMILES string of the molecule is CC(O)c1c(NC(=O)c2ccccc2)sc2c1CCCC2. The molecule has 1 heterocycles. The Hall–Kier alpha value is -1.65. The lowest BCUT2D eigenvalue weighted by Crippen LogP contribution is -2.13. The lowest BCUT2D eigenvalue weighted by Gasteiger charge is -2.14. The van der Waals surface area contributed by atoms with Crippen LogP contribution in [0.2, 0.25) is 0 Å². The van der Waals surface area contributed by atoms with E-state index in [2.05, 4.69) is 5.32 Å². The molecule has 0 fully saturated rings. The summed E-state index contributed by atoms with van der Waals surface area (Å²) in [5, 5.41) is 13.9. The number of hydrogen-bond donors (Lipinski definition) is 2. The number of hydrogen-bond acceptors (Lipinski definition) is 3. The Labute approximate surface area is 128 Å². The maximum Gasteiger partial charge on any atom is 0.256 e. The van der Waals surface area contributed by atoms with Crippen molar-refractivity contribution in [3.05, 3.63) is 51.9 Å². The maximum atomic E-state index is 12.3. The first kappa shape index (κ1) is 14.3. The van der Waals surface area contributed by atoms with E-state index in [4.69, 9.17) is 0 Å². The maximum absolute atomic E-state index is 12.3. The number of benzene rings is 1. The van der Waals surface area contributed by atoms with E-state index in [1.807, 2.05) is 18.2 Å². The van der Waals surface area contributed by atoms with Crippen LogP contribution in [0.1, 0.15) is 52.2 Å². The lowest BCUT2D eigenvalue weighted by molar-refractivity contribution is 0.102. The highest BCUT2D eigenvalue weighted by Gasteiger charge is 2.24. The fourth-order valence-corrected chi connectivity index (χ4v) is 4.27.